The molecule has 0 aliphatic heterocycles. The van der Waals surface area contributed by atoms with Crippen molar-refractivity contribution in [1.82, 2.24) is 0 Å². The molecule has 8 nitrogen and oxygen atoms in total. The average molecular weight is 446 g/mol. The van der Waals surface area contributed by atoms with Crippen LogP contribution < -0.4 is 0 Å². The molecule has 0 atom stereocenters. The van der Waals surface area contributed by atoms with Crippen molar-refractivity contribution in [3.8, 4) is 0 Å². The first-order chi connectivity index (χ1) is 10.7. The van der Waals surface area contributed by atoms with E-state index >= 15 is 0 Å². The van der Waals surface area contributed by atoms with Gasteiger partial charge in [0.2, 0.25) is 0 Å². The van der Waals surface area contributed by atoms with Crippen molar-refractivity contribution in [3.63, 3.8) is 0 Å². The highest BCUT2D eigenvalue weighted by molar-refractivity contribution is 7.87. The van der Waals surface area contributed by atoms with Gasteiger partial charge in [-0.3, -0.25) is 9.11 Å². The van der Waals surface area contributed by atoms with Crippen LogP contribution in [0.4, 0.5) is 26.3 Å². The van der Waals surface area contributed by atoms with Crippen LogP contribution >= 0.6 is 0 Å². The van der Waals surface area contributed by atoms with Crippen molar-refractivity contribution >= 4 is 20.2 Å². The van der Waals surface area contributed by atoms with Gasteiger partial charge < -0.3 is 10.2 Å². The highest BCUT2D eigenvalue weighted by Gasteiger charge is 2.57. The molecule has 0 unspecified atom stereocenters. The molecule has 0 rings (SSSR count). The molecule has 16 heteroatoms. The number of aliphatic hydroxyl groups excluding tert-OH is 1. The Morgan fingerprint density at radius 3 is 0.769 bits per heavy atom. The lowest BCUT2D eigenvalue weighted by Crippen LogP contribution is -2.46. The summed E-state index contributed by atoms with van der Waals surface area (Å²) in [7, 11) is -10.2. The van der Waals surface area contributed by atoms with Gasteiger partial charge in [-0.1, -0.05) is 0 Å². The SMILES string of the molecule is CC(C)(C(F)(F)F)S(=O)(=O)O.CC(C)(C(F)(F)F)S(=O)(=O)O.CC(O)O. The Morgan fingerprint density at radius 2 is 0.769 bits per heavy atom. The summed E-state index contributed by atoms with van der Waals surface area (Å²) in [6, 6.07) is 0. The van der Waals surface area contributed by atoms with E-state index in [2.05, 4.69) is 0 Å². The molecule has 0 saturated heterocycles. The molecule has 0 radical (unpaired) electrons. The van der Waals surface area contributed by atoms with Crippen molar-refractivity contribution < 1.29 is 62.5 Å². The maximum atomic E-state index is 11.8. The molecule has 0 aliphatic carbocycles. The van der Waals surface area contributed by atoms with Crippen molar-refractivity contribution in [2.75, 3.05) is 0 Å². The van der Waals surface area contributed by atoms with Crippen LogP contribution in [0.25, 0.3) is 0 Å². The Hall–Kier alpha value is -0.680. The van der Waals surface area contributed by atoms with Crippen LogP contribution in [0.15, 0.2) is 0 Å². The number of aliphatic hydroxyl groups is 2. The molecular weight excluding hydrogens is 426 g/mol. The van der Waals surface area contributed by atoms with Gasteiger partial charge in [-0.25, -0.2) is 0 Å². The first kappa shape index (κ1) is 30.1. The standard InChI is InChI=1S/2C4H7F3O3S.C2H6O2/c2*1-3(2,4(5,6)7)11(8,9)10;1-2(3)4/h2*1-2H3,(H,8,9,10);2-4H,1H3. The lowest BCUT2D eigenvalue weighted by atomic mass is 10.2. The normalized spacial score (nSPS) is 14.2. The Morgan fingerprint density at radius 1 is 0.654 bits per heavy atom. The van der Waals surface area contributed by atoms with Crippen molar-refractivity contribution in [2.45, 2.75) is 62.8 Å². The van der Waals surface area contributed by atoms with Crippen LogP contribution in [-0.4, -0.2) is 64.3 Å². The molecule has 162 valence electrons. The third-order valence-electron chi connectivity index (χ3n) is 2.66. The molecule has 4 N–H and O–H groups in total. The van der Waals surface area contributed by atoms with E-state index in [0.29, 0.717) is 27.7 Å². The van der Waals surface area contributed by atoms with E-state index < -0.39 is 48.4 Å². The topological polar surface area (TPSA) is 149 Å². The van der Waals surface area contributed by atoms with Gasteiger partial charge in [0.15, 0.2) is 9.49 Å². The summed E-state index contributed by atoms with van der Waals surface area (Å²) >= 11 is 0. The van der Waals surface area contributed by atoms with Crippen LogP contribution in [0.5, 0.6) is 0 Å². The number of alkyl halides is 6. The quantitative estimate of drug-likeness (QED) is 0.285. The largest absolute Gasteiger partial charge is 0.409 e. The second-order valence-electron chi connectivity index (χ2n) is 5.60. The van der Waals surface area contributed by atoms with Gasteiger partial charge in [0, 0.05) is 0 Å². The zero-order valence-corrected chi connectivity index (χ0v) is 15.7. The Labute approximate surface area is 146 Å². The van der Waals surface area contributed by atoms with E-state index in [1.54, 1.807) is 0 Å². The maximum Gasteiger partial charge on any atom is 0.409 e. The smallest absolute Gasteiger partial charge is 0.368 e. The van der Waals surface area contributed by atoms with Crippen molar-refractivity contribution in [3.05, 3.63) is 0 Å². The van der Waals surface area contributed by atoms with Gasteiger partial charge in [-0.05, 0) is 34.6 Å². The van der Waals surface area contributed by atoms with Crippen LogP contribution in [0.2, 0.25) is 0 Å². The summed E-state index contributed by atoms with van der Waals surface area (Å²) < 4.78 is 121. The maximum absolute atomic E-state index is 11.8. The zero-order valence-electron chi connectivity index (χ0n) is 14.1. The molecule has 0 bridgehead atoms. The average Bonchev–Trinajstić information content (AvgIpc) is 2.22. The van der Waals surface area contributed by atoms with Crippen LogP contribution in [0.1, 0.15) is 34.6 Å². The predicted octanol–water partition coefficient (Wildman–Crippen LogP) is 1.75. The first-order valence-corrected chi connectivity index (χ1v) is 9.05. The lowest BCUT2D eigenvalue weighted by molar-refractivity contribution is -0.155. The molecule has 0 saturated carbocycles. The molecule has 0 aromatic carbocycles. The molecule has 0 aromatic heterocycles. The molecule has 0 aliphatic rings. The van der Waals surface area contributed by atoms with E-state index in [1.807, 2.05) is 0 Å². The highest BCUT2D eigenvalue weighted by Crippen LogP contribution is 2.36. The van der Waals surface area contributed by atoms with E-state index in [1.165, 1.54) is 6.92 Å². The molecule has 26 heavy (non-hydrogen) atoms. The zero-order chi connectivity index (χ0) is 22.6. The fourth-order valence-electron chi connectivity index (χ4n) is 0.292. The van der Waals surface area contributed by atoms with E-state index in [9.17, 15) is 43.2 Å². The second kappa shape index (κ2) is 9.01. The summed E-state index contributed by atoms with van der Waals surface area (Å²) in [4.78, 5) is 0. The molecule has 0 aromatic rings. The predicted molar refractivity (Wildman–Crippen MR) is 77.3 cm³/mol. The summed E-state index contributed by atoms with van der Waals surface area (Å²) in [5.74, 6) is 0. The van der Waals surface area contributed by atoms with Crippen LogP contribution in [0.3, 0.4) is 0 Å². The Balaban J connectivity index is -0.000000338. The minimum Gasteiger partial charge on any atom is -0.368 e. The summed E-state index contributed by atoms with van der Waals surface area (Å²) in [5, 5.41) is 15.2. The lowest BCUT2D eigenvalue weighted by Gasteiger charge is -2.23. The minimum atomic E-state index is -5.09. The third kappa shape index (κ3) is 9.31. The molecule has 0 amide bonds. The van der Waals surface area contributed by atoms with Crippen LogP contribution in [0, 0.1) is 0 Å². The Bertz CT molecular complexity index is 575. The van der Waals surface area contributed by atoms with E-state index in [0.717, 1.165) is 0 Å². The second-order valence-corrected chi connectivity index (χ2v) is 9.54. The van der Waals surface area contributed by atoms with Gasteiger partial charge >= 0.3 is 12.4 Å². The molecular formula is C10H20F6O8S2. The van der Waals surface area contributed by atoms with Gasteiger partial charge in [-0.2, -0.15) is 43.2 Å². The number of halogens is 6. The number of rotatable bonds is 2. The molecule has 0 spiro atoms. The Kier molecular flexibility index (Phi) is 10.4. The third-order valence-corrected chi connectivity index (χ3v) is 5.70. The van der Waals surface area contributed by atoms with Crippen molar-refractivity contribution in [2.24, 2.45) is 0 Å². The van der Waals surface area contributed by atoms with E-state index in [-0.39, 0.29) is 0 Å². The van der Waals surface area contributed by atoms with Crippen molar-refractivity contribution in [1.29, 1.82) is 0 Å². The monoisotopic (exact) mass is 446 g/mol. The fourth-order valence-corrected chi connectivity index (χ4v) is 0.877. The van der Waals surface area contributed by atoms with E-state index in [4.69, 9.17) is 19.3 Å². The van der Waals surface area contributed by atoms with Gasteiger partial charge in [-0.15, -0.1) is 0 Å². The summed E-state index contributed by atoms with van der Waals surface area (Å²) in [6.45, 7) is 2.84. The van der Waals surface area contributed by atoms with Gasteiger partial charge in [0.25, 0.3) is 20.2 Å². The van der Waals surface area contributed by atoms with Gasteiger partial charge in [0.05, 0.1) is 0 Å². The minimum absolute atomic E-state index is 0.391. The number of hydrogen-bond donors (Lipinski definition) is 4. The summed E-state index contributed by atoms with van der Waals surface area (Å²) in [5.41, 5.74) is 0. The summed E-state index contributed by atoms with van der Waals surface area (Å²) in [6.07, 6.45) is -11.1. The van der Waals surface area contributed by atoms with Crippen LogP contribution in [-0.2, 0) is 20.2 Å². The number of hydrogen-bond acceptors (Lipinski definition) is 6. The molecule has 0 fully saturated rings. The fraction of sp³-hybridized carbons (Fsp3) is 1.00. The highest BCUT2D eigenvalue weighted by atomic mass is 32.2. The first-order valence-electron chi connectivity index (χ1n) is 6.17. The molecule has 0 heterocycles. The van der Waals surface area contributed by atoms with Gasteiger partial charge in [0.1, 0.15) is 6.29 Å².